The summed E-state index contributed by atoms with van der Waals surface area (Å²) in [6.45, 7) is 3.88. The van der Waals surface area contributed by atoms with E-state index in [1.54, 1.807) is 6.07 Å². The van der Waals surface area contributed by atoms with Gasteiger partial charge < -0.3 is 16.0 Å². The number of carbonyl (C=O) groups excluding carboxylic acids is 2. The third kappa shape index (κ3) is 5.36. The quantitative estimate of drug-likeness (QED) is 0.674. The minimum atomic E-state index is -0.180. The molecule has 3 N–H and O–H groups in total. The molecule has 1 saturated carbocycles. The molecule has 2 unspecified atom stereocenters. The van der Waals surface area contributed by atoms with Gasteiger partial charge in [-0.2, -0.15) is 5.10 Å². The number of hydrogen-bond donors (Lipinski definition) is 3. The number of halogens is 1. The van der Waals surface area contributed by atoms with E-state index in [1.165, 1.54) is 0 Å². The summed E-state index contributed by atoms with van der Waals surface area (Å²) in [4.78, 5) is 24.4. The highest BCUT2D eigenvalue weighted by molar-refractivity contribution is 5.94. The molecule has 1 saturated heterocycles. The molecule has 1 aromatic carbocycles. The Kier molecular flexibility index (Phi) is 6.92. The van der Waals surface area contributed by atoms with E-state index in [4.69, 9.17) is 0 Å². The lowest BCUT2D eigenvalue weighted by Crippen LogP contribution is -2.32. The Morgan fingerprint density at radius 2 is 1.93 bits per heavy atom. The molecule has 2 fully saturated rings. The molecule has 4 rings (SSSR count). The Morgan fingerprint density at radius 3 is 2.59 bits per heavy atom. The summed E-state index contributed by atoms with van der Waals surface area (Å²) in [6, 6.07) is 9.55. The van der Waals surface area contributed by atoms with Gasteiger partial charge in [-0.15, -0.1) is 12.4 Å². The van der Waals surface area contributed by atoms with Crippen LogP contribution in [0.15, 0.2) is 36.5 Å². The lowest BCUT2D eigenvalue weighted by atomic mass is 10.1. The standard InChI is InChI=1S/C21H27N5O2.ClH/c1-14(15-6-8-17(9-7-15)24-20(27)16-4-5-16)23-21(28)19-10-12-26(25-19)18-3-2-11-22-13-18;/h6-10,12,14,16,18,22H,2-5,11,13H2,1H3,(H,23,28)(H,24,27);1H. The first-order valence-corrected chi connectivity index (χ1v) is 10.1. The second kappa shape index (κ2) is 9.41. The van der Waals surface area contributed by atoms with Crippen molar-refractivity contribution in [1.29, 1.82) is 0 Å². The van der Waals surface area contributed by atoms with E-state index in [0.29, 0.717) is 11.7 Å². The molecule has 0 spiro atoms. The van der Waals surface area contributed by atoms with Crippen LogP contribution in [-0.4, -0.2) is 34.7 Å². The van der Waals surface area contributed by atoms with Crippen LogP contribution in [0.4, 0.5) is 5.69 Å². The molecular formula is C21H28ClN5O2. The van der Waals surface area contributed by atoms with Crippen LogP contribution in [0.5, 0.6) is 0 Å². The van der Waals surface area contributed by atoms with Crippen LogP contribution in [0.1, 0.15) is 60.7 Å². The summed E-state index contributed by atoms with van der Waals surface area (Å²) in [5, 5.41) is 13.8. The van der Waals surface area contributed by atoms with Crippen molar-refractivity contribution in [2.75, 3.05) is 18.4 Å². The van der Waals surface area contributed by atoms with Crippen LogP contribution < -0.4 is 16.0 Å². The zero-order valence-corrected chi connectivity index (χ0v) is 17.4. The van der Waals surface area contributed by atoms with Gasteiger partial charge in [-0.05, 0) is 62.9 Å². The molecule has 2 heterocycles. The van der Waals surface area contributed by atoms with Crippen molar-refractivity contribution < 1.29 is 9.59 Å². The van der Waals surface area contributed by atoms with Crippen molar-refractivity contribution in [3.8, 4) is 0 Å². The van der Waals surface area contributed by atoms with E-state index < -0.39 is 0 Å². The van der Waals surface area contributed by atoms with Gasteiger partial charge in [0.25, 0.3) is 5.91 Å². The number of anilines is 1. The largest absolute Gasteiger partial charge is 0.344 e. The van der Waals surface area contributed by atoms with Crippen molar-refractivity contribution in [2.45, 2.75) is 44.7 Å². The van der Waals surface area contributed by atoms with Crippen LogP contribution >= 0.6 is 12.4 Å². The van der Waals surface area contributed by atoms with E-state index in [1.807, 2.05) is 42.1 Å². The Hall–Kier alpha value is -2.38. The van der Waals surface area contributed by atoms with Crippen LogP contribution in [0, 0.1) is 5.92 Å². The molecule has 2 amide bonds. The Labute approximate surface area is 177 Å². The maximum absolute atomic E-state index is 12.6. The lowest BCUT2D eigenvalue weighted by molar-refractivity contribution is -0.117. The van der Waals surface area contributed by atoms with Gasteiger partial charge in [0.1, 0.15) is 5.69 Å². The van der Waals surface area contributed by atoms with Crippen molar-refractivity contribution in [1.82, 2.24) is 20.4 Å². The van der Waals surface area contributed by atoms with Crippen molar-refractivity contribution in [2.24, 2.45) is 5.92 Å². The first kappa shape index (κ1) is 21.3. The second-order valence-electron chi connectivity index (χ2n) is 7.76. The predicted octanol–water partition coefficient (Wildman–Crippen LogP) is 3.07. The van der Waals surface area contributed by atoms with Crippen LogP contribution in [0.25, 0.3) is 0 Å². The summed E-state index contributed by atoms with van der Waals surface area (Å²) < 4.78 is 1.89. The van der Waals surface area contributed by atoms with Crippen LogP contribution in [0.2, 0.25) is 0 Å². The molecule has 0 bridgehead atoms. The third-order valence-electron chi connectivity index (χ3n) is 5.46. The lowest BCUT2D eigenvalue weighted by Gasteiger charge is -2.22. The van der Waals surface area contributed by atoms with E-state index in [2.05, 4.69) is 21.0 Å². The summed E-state index contributed by atoms with van der Waals surface area (Å²) in [6.07, 6.45) is 6.06. The average Bonchev–Trinajstić information content (AvgIpc) is 3.45. The fourth-order valence-corrected chi connectivity index (χ4v) is 3.52. The SMILES string of the molecule is CC(NC(=O)c1ccn(C2CCCNC2)n1)c1ccc(NC(=O)C2CC2)cc1.Cl. The fraction of sp³-hybridized carbons (Fsp3) is 0.476. The molecule has 8 heteroatoms. The molecule has 7 nitrogen and oxygen atoms in total. The number of nitrogens with zero attached hydrogens (tertiary/aromatic N) is 2. The van der Waals surface area contributed by atoms with Crippen molar-refractivity contribution in [3.63, 3.8) is 0 Å². The van der Waals surface area contributed by atoms with Gasteiger partial charge in [0.2, 0.25) is 5.91 Å². The molecule has 1 aliphatic carbocycles. The first-order chi connectivity index (χ1) is 13.6. The third-order valence-corrected chi connectivity index (χ3v) is 5.46. The molecule has 2 atom stereocenters. The molecule has 2 aliphatic rings. The van der Waals surface area contributed by atoms with E-state index in [9.17, 15) is 9.59 Å². The van der Waals surface area contributed by atoms with E-state index in [0.717, 1.165) is 50.0 Å². The zero-order chi connectivity index (χ0) is 19.5. The molecule has 1 aliphatic heterocycles. The van der Waals surface area contributed by atoms with E-state index >= 15 is 0 Å². The molecule has 29 heavy (non-hydrogen) atoms. The minimum absolute atomic E-state index is 0. The number of aromatic nitrogens is 2. The maximum atomic E-state index is 12.6. The Morgan fingerprint density at radius 1 is 1.17 bits per heavy atom. The highest BCUT2D eigenvalue weighted by Crippen LogP contribution is 2.30. The number of benzene rings is 1. The van der Waals surface area contributed by atoms with Crippen LogP contribution in [0.3, 0.4) is 0 Å². The van der Waals surface area contributed by atoms with Gasteiger partial charge in [-0.3, -0.25) is 14.3 Å². The summed E-state index contributed by atoms with van der Waals surface area (Å²) >= 11 is 0. The predicted molar refractivity (Wildman–Crippen MR) is 114 cm³/mol. The molecule has 0 radical (unpaired) electrons. The van der Waals surface area contributed by atoms with Crippen LogP contribution in [-0.2, 0) is 4.79 Å². The Bertz CT molecular complexity index is 841. The number of rotatable bonds is 6. The monoisotopic (exact) mass is 417 g/mol. The Balaban J connectivity index is 0.00000240. The first-order valence-electron chi connectivity index (χ1n) is 10.1. The number of carbonyl (C=O) groups is 2. The van der Waals surface area contributed by atoms with Gasteiger partial charge in [0.05, 0.1) is 12.1 Å². The summed E-state index contributed by atoms with van der Waals surface area (Å²) in [5.41, 5.74) is 2.21. The van der Waals surface area contributed by atoms with E-state index in [-0.39, 0.29) is 36.2 Å². The topological polar surface area (TPSA) is 88.1 Å². The van der Waals surface area contributed by atoms with Crippen molar-refractivity contribution in [3.05, 3.63) is 47.8 Å². The molecule has 2 aromatic rings. The van der Waals surface area contributed by atoms with Gasteiger partial charge in [0, 0.05) is 24.3 Å². The molecule has 156 valence electrons. The van der Waals surface area contributed by atoms with Gasteiger partial charge >= 0.3 is 0 Å². The van der Waals surface area contributed by atoms with Gasteiger partial charge in [0.15, 0.2) is 0 Å². The number of nitrogens with one attached hydrogen (secondary N) is 3. The summed E-state index contributed by atoms with van der Waals surface area (Å²) in [5.74, 6) is 0.0982. The average molecular weight is 418 g/mol. The minimum Gasteiger partial charge on any atom is -0.344 e. The second-order valence-corrected chi connectivity index (χ2v) is 7.76. The molecular weight excluding hydrogens is 390 g/mol. The number of hydrogen-bond acceptors (Lipinski definition) is 4. The molecule has 1 aromatic heterocycles. The maximum Gasteiger partial charge on any atom is 0.272 e. The highest BCUT2D eigenvalue weighted by atomic mass is 35.5. The smallest absolute Gasteiger partial charge is 0.272 e. The number of piperidine rings is 1. The van der Waals surface area contributed by atoms with Gasteiger partial charge in [-0.25, -0.2) is 0 Å². The highest BCUT2D eigenvalue weighted by Gasteiger charge is 2.29. The fourth-order valence-electron chi connectivity index (χ4n) is 3.52. The van der Waals surface area contributed by atoms with Gasteiger partial charge in [-0.1, -0.05) is 12.1 Å². The normalized spacial score (nSPS) is 19.7. The summed E-state index contributed by atoms with van der Waals surface area (Å²) in [7, 11) is 0. The van der Waals surface area contributed by atoms with Crippen molar-refractivity contribution >= 4 is 29.9 Å². The number of amides is 2. The zero-order valence-electron chi connectivity index (χ0n) is 16.6.